The van der Waals surface area contributed by atoms with Crippen molar-refractivity contribution in [1.29, 1.82) is 0 Å². The van der Waals surface area contributed by atoms with Crippen LogP contribution in [0.5, 0.6) is 0 Å². The van der Waals surface area contributed by atoms with Gasteiger partial charge in [0.25, 0.3) is 0 Å². The summed E-state index contributed by atoms with van der Waals surface area (Å²) in [6.07, 6.45) is 5.70. The summed E-state index contributed by atoms with van der Waals surface area (Å²) >= 11 is 0. The molecule has 3 nitrogen and oxygen atoms in total. The molecular formula is C9H13NO2. The lowest BCUT2D eigenvalue weighted by molar-refractivity contribution is -0.131. The van der Waals surface area contributed by atoms with Crippen LogP contribution in [0.2, 0.25) is 0 Å². The number of carboxylic acids is 1. The summed E-state index contributed by atoms with van der Waals surface area (Å²) in [5.41, 5.74) is 0.678. The fourth-order valence-electron chi connectivity index (χ4n) is 1.83. The molecule has 66 valence electrons. The average Bonchev–Trinajstić information content (AvgIpc) is 2.64. The molecule has 1 saturated carbocycles. The molecule has 1 aliphatic carbocycles. The minimum Gasteiger partial charge on any atom is -0.478 e. The molecule has 1 heterocycles. The third-order valence-electron chi connectivity index (χ3n) is 2.70. The van der Waals surface area contributed by atoms with Gasteiger partial charge in [0.1, 0.15) is 0 Å². The topological polar surface area (TPSA) is 40.5 Å². The molecule has 2 rings (SSSR count). The standard InChI is InChI=1S/C9H13NO2/c11-8(12)2-1-5-10-6-9(7-10)3-4-9/h1-2H,3-7H2,(H,11,12)/b2-1+. The van der Waals surface area contributed by atoms with E-state index in [4.69, 9.17) is 5.11 Å². The minimum atomic E-state index is -0.850. The van der Waals surface area contributed by atoms with Crippen LogP contribution in [0.3, 0.4) is 0 Å². The van der Waals surface area contributed by atoms with Crippen molar-refractivity contribution in [3.8, 4) is 0 Å². The van der Waals surface area contributed by atoms with Crippen molar-refractivity contribution in [2.75, 3.05) is 19.6 Å². The monoisotopic (exact) mass is 167 g/mol. The molecule has 1 spiro atoms. The number of likely N-dealkylation sites (tertiary alicyclic amines) is 1. The van der Waals surface area contributed by atoms with Crippen LogP contribution in [0.1, 0.15) is 12.8 Å². The van der Waals surface area contributed by atoms with Crippen LogP contribution in [0.15, 0.2) is 12.2 Å². The SMILES string of the molecule is O=C(O)/C=C/CN1CC2(CC2)C1. The summed E-state index contributed by atoms with van der Waals surface area (Å²) in [5.74, 6) is -0.850. The lowest BCUT2D eigenvalue weighted by Gasteiger charge is -2.39. The van der Waals surface area contributed by atoms with Crippen molar-refractivity contribution in [1.82, 2.24) is 4.90 Å². The molecule has 0 amide bonds. The highest BCUT2D eigenvalue weighted by Gasteiger charge is 2.51. The molecule has 2 fully saturated rings. The van der Waals surface area contributed by atoms with E-state index in [9.17, 15) is 4.79 Å². The first kappa shape index (κ1) is 7.80. The van der Waals surface area contributed by atoms with E-state index in [2.05, 4.69) is 4.90 Å². The van der Waals surface area contributed by atoms with Crippen LogP contribution in [0.4, 0.5) is 0 Å². The van der Waals surface area contributed by atoms with Crippen molar-refractivity contribution >= 4 is 5.97 Å². The van der Waals surface area contributed by atoms with Gasteiger partial charge in [0.2, 0.25) is 0 Å². The van der Waals surface area contributed by atoms with Crippen molar-refractivity contribution in [3.63, 3.8) is 0 Å². The Labute approximate surface area is 71.7 Å². The normalized spacial score (nSPS) is 26.0. The zero-order chi connectivity index (χ0) is 8.60. The Bertz CT molecular complexity index is 223. The number of rotatable bonds is 3. The van der Waals surface area contributed by atoms with E-state index in [1.165, 1.54) is 32.0 Å². The maximum absolute atomic E-state index is 10.1. The molecule has 2 aliphatic rings. The van der Waals surface area contributed by atoms with Crippen LogP contribution in [-0.2, 0) is 4.79 Å². The number of carbonyl (C=O) groups is 1. The first-order valence-electron chi connectivity index (χ1n) is 4.32. The number of nitrogens with zero attached hydrogens (tertiary/aromatic N) is 1. The zero-order valence-electron chi connectivity index (χ0n) is 6.99. The summed E-state index contributed by atoms with van der Waals surface area (Å²) in [4.78, 5) is 12.4. The lowest BCUT2D eigenvalue weighted by Crippen LogP contribution is -2.48. The van der Waals surface area contributed by atoms with E-state index in [0.29, 0.717) is 5.41 Å². The highest BCUT2D eigenvalue weighted by Crippen LogP contribution is 2.52. The quantitative estimate of drug-likeness (QED) is 0.630. The average molecular weight is 167 g/mol. The number of hydrogen-bond acceptors (Lipinski definition) is 2. The fourth-order valence-corrected chi connectivity index (χ4v) is 1.83. The molecule has 0 aromatic carbocycles. The van der Waals surface area contributed by atoms with Crippen LogP contribution < -0.4 is 0 Å². The molecule has 0 unspecified atom stereocenters. The molecule has 1 saturated heterocycles. The Hall–Kier alpha value is -0.830. The van der Waals surface area contributed by atoms with Gasteiger partial charge >= 0.3 is 5.97 Å². The second-order valence-electron chi connectivity index (χ2n) is 3.91. The summed E-state index contributed by atoms with van der Waals surface area (Å²) in [5, 5.41) is 8.33. The first-order chi connectivity index (χ1) is 5.70. The minimum absolute atomic E-state index is 0.678. The van der Waals surface area contributed by atoms with Gasteiger partial charge in [-0.1, -0.05) is 6.08 Å². The zero-order valence-corrected chi connectivity index (χ0v) is 6.99. The van der Waals surface area contributed by atoms with Crippen molar-refractivity contribution in [2.45, 2.75) is 12.8 Å². The van der Waals surface area contributed by atoms with Crippen LogP contribution >= 0.6 is 0 Å². The van der Waals surface area contributed by atoms with Crippen LogP contribution in [0, 0.1) is 5.41 Å². The molecule has 3 heteroatoms. The molecule has 0 aromatic heterocycles. The van der Waals surface area contributed by atoms with Gasteiger partial charge in [-0.2, -0.15) is 0 Å². The van der Waals surface area contributed by atoms with Gasteiger partial charge in [-0.25, -0.2) is 4.79 Å². The highest BCUT2D eigenvalue weighted by molar-refractivity contribution is 5.79. The van der Waals surface area contributed by atoms with Gasteiger partial charge in [0.05, 0.1) is 0 Å². The lowest BCUT2D eigenvalue weighted by atomic mass is 9.97. The smallest absolute Gasteiger partial charge is 0.328 e. The van der Waals surface area contributed by atoms with Crippen LogP contribution in [0.25, 0.3) is 0 Å². The number of carboxylic acid groups (broad SMARTS) is 1. The Balaban J connectivity index is 1.66. The van der Waals surface area contributed by atoms with Crippen molar-refractivity contribution in [2.24, 2.45) is 5.41 Å². The van der Waals surface area contributed by atoms with Crippen molar-refractivity contribution < 1.29 is 9.90 Å². The second kappa shape index (κ2) is 2.59. The van der Waals surface area contributed by atoms with Gasteiger partial charge < -0.3 is 5.11 Å². The molecule has 1 N–H and O–H groups in total. The molecule has 1 aliphatic heterocycles. The summed E-state index contributed by atoms with van der Waals surface area (Å²) in [6, 6.07) is 0. The Morgan fingerprint density at radius 1 is 1.50 bits per heavy atom. The molecule has 0 aromatic rings. The Morgan fingerprint density at radius 2 is 2.17 bits per heavy atom. The van der Waals surface area contributed by atoms with E-state index in [1.54, 1.807) is 6.08 Å². The number of aliphatic carboxylic acids is 1. The molecule has 0 radical (unpaired) electrons. The van der Waals surface area contributed by atoms with Gasteiger partial charge in [0, 0.05) is 25.7 Å². The highest BCUT2D eigenvalue weighted by atomic mass is 16.4. The predicted octanol–water partition coefficient (Wildman–Crippen LogP) is 0.723. The van der Waals surface area contributed by atoms with Gasteiger partial charge in [-0.05, 0) is 18.3 Å². The van der Waals surface area contributed by atoms with E-state index in [-0.39, 0.29) is 0 Å². The van der Waals surface area contributed by atoms with E-state index in [1.807, 2.05) is 0 Å². The third kappa shape index (κ3) is 1.50. The summed E-state index contributed by atoms with van der Waals surface area (Å²) in [7, 11) is 0. The number of hydrogen-bond donors (Lipinski definition) is 1. The molecule has 12 heavy (non-hydrogen) atoms. The van der Waals surface area contributed by atoms with Gasteiger partial charge in [-0.15, -0.1) is 0 Å². The van der Waals surface area contributed by atoms with E-state index in [0.717, 1.165) is 6.54 Å². The maximum atomic E-state index is 10.1. The largest absolute Gasteiger partial charge is 0.478 e. The maximum Gasteiger partial charge on any atom is 0.328 e. The van der Waals surface area contributed by atoms with Crippen LogP contribution in [-0.4, -0.2) is 35.6 Å². The van der Waals surface area contributed by atoms with E-state index >= 15 is 0 Å². The van der Waals surface area contributed by atoms with Gasteiger partial charge in [0.15, 0.2) is 0 Å². The summed E-state index contributed by atoms with van der Waals surface area (Å²) < 4.78 is 0. The van der Waals surface area contributed by atoms with Crippen molar-refractivity contribution in [3.05, 3.63) is 12.2 Å². The predicted molar refractivity (Wildman–Crippen MR) is 44.9 cm³/mol. The Kier molecular flexibility index (Phi) is 1.68. The third-order valence-corrected chi connectivity index (χ3v) is 2.70. The van der Waals surface area contributed by atoms with Gasteiger partial charge in [-0.3, -0.25) is 4.90 Å². The second-order valence-corrected chi connectivity index (χ2v) is 3.91. The molecule has 0 atom stereocenters. The van der Waals surface area contributed by atoms with E-state index < -0.39 is 5.97 Å². The Morgan fingerprint density at radius 3 is 2.67 bits per heavy atom. The molecular weight excluding hydrogens is 154 g/mol. The summed E-state index contributed by atoms with van der Waals surface area (Å²) in [6.45, 7) is 3.15. The molecule has 0 bridgehead atoms. The first-order valence-corrected chi connectivity index (χ1v) is 4.32. The fraction of sp³-hybridized carbons (Fsp3) is 0.667.